The third-order valence-electron chi connectivity index (χ3n) is 5.10. The van der Waals surface area contributed by atoms with Crippen molar-refractivity contribution in [2.24, 2.45) is 4.99 Å². The van der Waals surface area contributed by atoms with Gasteiger partial charge in [-0.3, -0.25) is 14.9 Å². The van der Waals surface area contributed by atoms with E-state index in [0.717, 1.165) is 17.2 Å². The number of esters is 1. The lowest BCUT2D eigenvalue weighted by Gasteiger charge is -2.27. The first kappa shape index (κ1) is 25.0. The maximum Gasteiger partial charge on any atom is 0.308 e. The van der Waals surface area contributed by atoms with Crippen LogP contribution in [0.4, 0.5) is 10.1 Å². The minimum absolute atomic E-state index is 0.0150. The number of aromatic hydroxyl groups is 1. The maximum atomic E-state index is 14.1. The van der Waals surface area contributed by atoms with Gasteiger partial charge in [0.05, 0.1) is 5.69 Å². The molecule has 2 aromatic carbocycles. The molecule has 1 aliphatic heterocycles. The Morgan fingerprint density at radius 2 is 1.68 bits per heavy atom. The van der Waals surface area contributed by atoms with E-state index in [2.05, 4.69) is 10.3 Å². The summed E-state index contributed by atoms with van der Waals surface area (Å²) >= 11 is 0. The maximum absolute atomic E-state index is 14.1. The summed E-state index contributed by atoms with van der Waals surface area (Å²) in [5.41, 5.74) is 1.71. The molecule has 0 radical (unpaired) electrons. The number of nitrogens with zero attached hydrogens (tertiary/aromatic N) is 1. The molecule has 2 aromatic rings. The number of benzene rings is 2. The fourth-order valence-corrected chi connectivity index (χ4v) is 3.43. The first-order chi connectivity index (χ1) is 15.6. The molecule has 1 heterocycles. The Hall–Kier alpha value is -3.68. The Bertz CT molecular complexity index is 1180. The van der Waals surface area contributed by atoms with Gasteiger partial charge in [0.2, 0.25) is 0 Å². The quantitative estimate of drug-likeness (QED) is 0.365. The van der Waals surface area contributed by atoms with Gasteiger partial charge in [0.1, 0.15) is 5.75 Å². The summed E-state index contributed by atoms with van der Waals surface area (Å²) in [6.07, 6.45) is 1.58. The van der Waals surface area contributed by atoms with Crippen LogP contribution in [-0.4, -0.2) is 23.0 Å². The predicted molar refractivity (Wildman–Crippen MR) is 128 cm³/mol. The normalized spacial score (nSPS) is 16.5. The highest BCUT2D eigenvalue weighted by Crippen LogP contribution is 2.40. The van der Waals surface area contributed by atoms with Gasteiger partial charge in [0.25, 0.3) is 5.91 Å². The fraction of sp³-hybridized carbons (Fsp3) is 0.346. The highest BCUT2D eigenvalue weighted by atomic mass is 19.1. The fourth-order valence-electron chi connectivity index (χ4n) is 3.43. The molecular formula is C26H29FN2O5. The average Bonchev–Trinajstić information content (AvgIpc) is 3.02. The molecule has 0 saturated carbocycles. The zero-order chi connectivity index (χ0) is 25.4. The molecule has 0 spiro atoms. The van der Waals surface area contributed by atoms with E-state index in [1.54, 1.807) is 6.08 Å². The Labute approximate surface area is 198 Å². The van der Waals surface area contributed by atoms with Gasteiger partial charge in [-0.25, -0.2) is 4.39 Å². The van der Waals surface area contributed by atoms with Crippen molar-refractivity contribution >= 4 is 29.7 Å². The number of ether oxygens (including phenoxy) is 2. The molecule has 0 atom stereocenters. The van der Waals surface area contributed by atoms with Crippen molar-refractivity contribution in [3.8, 4) is 11.5 Å². The number of aliphatic imine (C=N–C) groups is 1. The van der Waals surface area contributed by atoms with Crippen molar-refractivity contribution in [1.82, 2.24) is 5.32 Å². The summed E-state index contributed by atoms with van der Waals surface area (Å²) in [4.78, 5) is 27.6. The number of phenols is 1. The Balaban J connectivity index is 1.95. The van der Waals surface area contributed by atoms with Gasteiger partial charge in [-0.15, -0.1) is 0 Å². The number of carbonyl (C=O) groups excluding carboxylic acids is 2. The van der Waals surface area contributed by atoms with Gasteiger partial charge in [0.15, 0.2) is 17.3 Å². The topological polar surface area (TPSA) is 97.2 Å². The van der Waals surface area contributed by atoms with Gasteiger partial charge in [-0.2, -0.15) is 4.99 Å². The first-order valence-electron chi connectivity index (χ1n) is 10.8. The first-order valence-corrected chi connectivity index (χ1v) is 10.8. The number of phenolic OH excluding ortho intramolecular Hbond substituents is 1. The van der Waals surface area contributed by atoms with E-state index < -0.39 is 17.7 Å². The molecule has 1 fully saturated rings. The lowest BCUT2D eigenvalue weighted by molar-refractivity contribution is -0.132. The number of hydrogen-bond acceptors (Lipinski definition) is 6. The van der Waals surface area contributed by atoms with Crippen LogP contribution in [0.25, 0.3) is 6.08 Å². The van der Waals surface area contributed by atoms with Crippen molar-refractivity contribution in [2.45, 2.75) is 59.3 Å². The van der Waals surface area contributed by atoms with E-state index in [1.807, 2.05) is 53.7 Å². The summed E-state index contributed by atoms with van der Waals surface area (Å²) in [5.74, 6) is -1.88. The molecular weight excluding hydrogens is 439 g/mol. The van der Waals surface area contributed by atoms with Crippen molar-refractivity contribution in [2.75, 3.05) is 0 Å². The average molecular weight is 469 g/mol. The number of amidine groups is 1. The number of amides is 1. The Kier molecular flexibility index (Phi) is 6.55. The molecule has 180 valence electrons. The van der Waals surface area contributed by atoms with Crippen LogP contribution in [0.2, 0.25) is 0 Å². The van der Waals surface area contributed by atoms with Crippen LogP contribution in [0.5, 0.6) is 11.5 Å². The lowest BCUT2D eigenvalue weighted by Crippen LogP contribution is -2.20. The number of hydrogen-bond donors (Lipinski definition) is 2. The van der Waals surface area contributed by atoms with E-state index >= 15 is 0 Å². The Morgan fingerprint density at radius 3 is 2.18 bits per heavy atom. The summed E-state index contributed by atoms with van der Waals surface area (Å²) in [6.45, 7) is 13.2. The standard InChI is InChI=1S/C26H29FN2O5/c1-14(30)33-20-9-8-16(13-19(20)27)28-24-29-23(32)21(34-24)12-15-10-17(25(2,3)4)22(31)18(11-15)26(5,6)7/h8-13,31H,1-7H3,(H,28,29,32)/b21-12-. The van der Waals surface area contributed by atoms with Crippen LogP contribution >= 0.6 is 0 Å². The molecule has 1 amide bonds. The van der Waals surface area contributed by atoms with Crippen molar-refractivity contribution in [3.05, 3.63) is 58.6 Å². The summed E-state index contributed by atoms with van der Waals surface area (Å²) in [7, 11) is 0. The smallest absolute Gasteiger partial charge is 0.308 e. The second-order valence-electron chi connectivity index (χ2n) is 10.2. The summed E-state index contributed by atoms with van der Waals surface area (Å²) in [5, 5.41) is 13.4. The molecule has 0 aliphatic carbocycles. The summed E-state index contributed by atoms with van der Waals surface area (Å²) < 4.78 is 24.5. The zero-order valence-electron chi connectivity index (χ0n) is 20.4. The molecule has 7 nitrogen and oxygen atoms in total. The number of rotatable bonds is 3. The van der Waals surface area contributed by atoms with E-state index in [9.17, 15) is 19.1 Å². The predicted octanol–water partition coefficient (Wildman–Crippen LogP) is 5.23. The van der Waals surface area contributed by atoms with Crippen molar-refractivity contribution in [1.29, 1.82) is 0 Å². The molecule has 0 bridgehead atoms. The highest BCUT2D eigenvalue weighted by molar-refractivity contribution is 6.11. The Morgan fingerprint density at radius 1 is 1.09 bits per heavy atom. The van der Waals surface area contributed by atoms with E-state index in [1.165, 1.54) is 19.1 Å². The van der Waals surface area contributed by atoms with Gasteiger partial charge in [-0.05, 0) is 46.7 Å². The number of halogens is 1. The van der Waals surface area contributed by atoms with Crippen LogP contribution < -0.4 is 10.1 Å². The summed E-state index contributed by atoms with van der Waals surface area (Å²) in [6, 6.07) is 7.30. The molecule has 1 saturated heterocycles. The van der Waals surface area contributed by atoms with Crippen LogP contribution in [0.3, 0.4) is 0 Å². The third kappa shape index (κ3) is 5.62. The van der Waals surface area contributed by atoms with Gasteiger partial charge < -0.3 is 14.6 Å². The molecule has 34 heavy (non-hydrogen) atoms. The molecule has 8 heteroatoms. The molecule has 0 aromatic heterocycles. The second kappa shape index (κ2) is 8.93. The largest absolute Gasteiger partial charge is 0.507 e. The van der Waals surface area contributed by atoms with Crippen molar-refractivity contribution in [3.63, 3.8) is 0 Å². The van der Waals surface area contributed by atoms with Crippen LogP contribution in [0.1, 0.15) is 65.2 Å². The van der Waals surface area contributed by atoms with Crippen molar-refractivity contribution < 1.29 is 28.6 Å². The van der Waals surface area contributed by atoms with E-state index in [0.29, 0.717) is 5.56 Å². The van der Waals surface area contributed by atoms with Gasteiger partial charge >= 0.3 is 12.0 Å². The molecule has 2 N–H and O–H groups in total. The van der Waals surface area contributed by atoms with Crippen LogP contribution in [0.15, 0.2) is 41.1 Å². The number of nitrogens with one attached hydrogen (secondary N) is 1. The van der Waals surface area contributed by atoms with Gasteiger partial charge in [0, 0.05) is 24.1 Å². The van der Waals surface area contributed by atoms with Crippen LogP contribution in [-0.2, 0) is 25.2 Å². The zero-order valence-corrected chi connectivity index (χ0v) is 20.4. The second-order valence-corrected chi connectivity index (χ2v) is 10.2. The number of carbonyl (C=O) groups is 2. The molecule has 3 rings (SSSR count). The van der Waals surface area contributed by atoms with Crippen LogP contribution in [0, 0.1) is 5.82 Å². The van der Waals surface area contributed by atoms with E-state index in [-0.39, 0.29) is 39.8 Å². The minimum atomic E-state index is -0.773. The SMILES string of the molecule is CC(=O)Oc1ccc(N=C2NC(=O)/C(=C/c3cc(C(C)(C)C)c(O)c(C(C)(C)C)c3)O2)cc1F. The molecule has 1 aliphatic rings. The van der Waals surface area contributed by atoms with E-state index in [4.69, 9.17) is 9.47 Å². The third-order valence-corrected chi connectivity index (χ3v) is 5.10. The monoisotopic (exact) mass is 468 g/mol. The molecule has 0 unspecified atom stereocenters. The highest BCUT2D eigenvalue weighted by Gasteiger charge is 2.28. The minimum Gasteiger partial charge on any atom is -0.507 e. The van der Waals surface area contributed by atoms with Gasteiger partial charge in [-0.1, -0.05) is 41.5 Å². The lowest BCUT2D eigenvalue weighted by atomic mass is 9.78.